The number of hydrogen-bond acceptors (Lipinski definition) is 3. The van der Waals surface area contributed by atoms with Crippen molar-refractivity contribution in [3.8, 4) is 0 Å². The third kappa shape index (κ3) is 9.09. The van der Waals surface area contributed by atoms with Crippen LogP contribution in [-0.2, 0) is 22.7 Å². The Morgan fingerprint density at radius 1 is 0.667 bits per heavy atom. The predicted octanol–water partition coefficient (Wildman–Crippen LogP) is 6.22. The molecule has 0 unspecified atom stereocenters. The molecule has 0 aliphatic heterocycles. The molecule has 0 N–H and O–H groups in total. The Morgan fingerprint density at radius 3 is 1.44 bits per heavy atom. The van der Waals surface area contributed by atoms with Crippen LogP contribution in [0.3, 0.4) is 0 Å². The van der Waals surface area contributed by atoms with Crippen LogP contribution in [0.4, 0.5) is 0 Å². The first-order valence-electron chi connectivity index (χ1n) is 9.48. The average Bonchev–Trinajstić information content (AvgIpc) is 2.73. The molecule has 0 atom stereocenters. The highest BCUT2D eigenvalue weighted by molar-refractivity contribution is 7.99. The van der Waals surface area contributed by atoms with E-state index in [2.05, 4.69) is 61.7 Å². The van der Waals surface area contributed by atoms with Gasteiger partial charge in [-0.2, -0.15) is 11.8 Å². The molecule has 0 bridgehead atoms. The molecule has 0 fully saturated rings. The summed E-state index contributed by atoms with van der Waals surface area (Å²) in [6.45, 7) is 10.5. The number of hydrogen-bond donors (Lipinski definition) is 0. The van der Waals surface area contributed by atoms with Gasteiger partial charge >= 0.3 is 0 Å². The second kappa shape index (κ2) is 13.4. The van der Waals surface area contributed by atoms with E-state index in [0.717, 1.165) is 48.7 Å². The molecule has 0 spiro atoms. The number of benzene rings is 2. The van der Waals surface area contributed by atoms with E-state index in [-0.39, 0.29) is 0 Å². The maximum Gasteiger partial charge on any atom is 0.0716 e. The third-order valence-electron chi connectivity index (χ3n) is 4.12. The molecule has 0 saturated carbocycles. The summed E-state index contributed by atoms with van der Waals surface area (Å²) in [5.41, 5.74) is 4.71. The summed E-state index contributed by atoms with van der Waals surface area (Å²) in [7, 11) is 0. The summed E-state index contributed by atoms with van der Waals surface area (Å²) in [5, 5.41) is 0. The van der Waals surface area contributed by atoms with Gasteiger partial charge in [0, 0.05) is 13.2 Å². The maximum absolute atomic E-state index is 5.73. The Hall–Kier alpha value is -1.81. The summed E-state index contributed by atoms with van der Waals surface area (Å²) in [5.74, 6) is 2.27. The van der Waals surface area contributed by atoms with Gasteiger partial charge in [0.05, 0.1) is 13.2 Å². The van der Waals surface area contributed by atoms with Crippen LogP contribution < -0.4 is 0 Å². The van der Waals surface area contributed by atoms with Crippen LogP contribution in [0.25, 0.3) is 12.2 Å². The molecule has 0 aromatic heterocycles. The van der Waals surface area contributed by atoms with Crippen molar-refractivity contribution in [2.24, 2.45) is 0 Å². The third-order valence-corrected chi connectivity index (χ3v) is 5.28. The standard InChI is InChI=1S/C24H30O2S/c1-3-21-7-11-23(12-8-21)19-25-15-5-17-27-18-6-16-26-20-24-13-9-22(4-2)10-14-24/h3-4,7-14H,1-2,5-6,15-20H2. The minimum Gasteiger partial charge on any atom is -0.377 e. The Labute approximate surface area is 168 Å². The van der Waals surface area contributed by atoms with Gasteiger partial charge in [0.15, 0.2) is 0 Å². The van der Waals surface area contributed by atoms with Crippen LogP contribution in [0.15, 0.2) is 61.7 Å². The second-order valence-corrected chi connectivity index (χ2v) is 7.54. The molecule has 0 aliphatic rings. The van der Waals surface area contributed by atoms with E-state index in [1.807, 2.05) is 23.9 Å². The quantitative estimate of drug-likeness (QED) is 0.361. The van der Waals surface area contributed by atoms with E-state index in [4.69, 9.17) is 9.47 Å². The molecule has 2 rings (SSSR count). The maximum atomic E-state index is 5.73. The average molecular weight is 383 g/mol. The van der Waals surface area contributed by atoms with Crippen molar-refractivity contribution in [1.82, 2.24) is 0 Å². The first kappa shape index (κ1) is 21.5. The molecule has 0 saturated heterocycles. The van der Waals surface area contributed by atoms with E-state index in [9.17, 15) is 0 Å². The molecule has 2 aromatic carbocycles. The molecular formula is C24H30O2S. The van der Waals surface area contributed by atoms with Crippen molar-refractivity contribution in [3.63, 3.8) is 0 Å². The monoisotopic (exact) mass is 382 g/mol. The van der Waals surface area contributed by atoms with Crippen LogP contribution in [0.1, 0.15) is 35.1 Å². The molecule has 3 heteroatoms. The molecule has 2 nitrogen and oxygen atoms in total. The first-order valence-corrected chi connectivity index (χ1v) is 10.6. The zero-order valence-corrected chi connectivity index (χ0v) is 16.9. The lowest BCUT2D eigenvalue weighted by atomic mass is 10.1. The fourth-order valence-electron chi connectivity index (χ4n) is 2.51. The summed E-state index contributed by atoms with van der Waals surface area (Å²) in [6, 6.07) is 16.7. The highest BCUT2D eigenvalue weighted by Gasteiger charge is 1.96. The van der Waals surface area contributed by atoms with Gasteiger partial charge in [-0.3, -0.25) is 0 Å². The van der Waals surface area contributed by atoms with Gasteiger partial charge in [0.2, 0.25) is 0 Å². The Kier molecular flexibility index (Phi) is 10.6. The van der Waals surface area contributed by atoms with Crippen molar-refractivity contribution in [2.45, 2.75) is 26.1 Å². The van der Waals surface area contributed by atoms with Crippen molar-refractivity contribution < 1.29 is 9.47 Å². The minimum atomic E-state index is 0.684. The van der Waals surface area contributed by atoms with Gasteiger partial charge in [-0.15, -0.1) is 0 Å². The van der Waals surface area contributed by atoms with E-state index in [1.54, 1.807) is 0 Å². The van der Waals surface area contributed by atoms with Crippen molar-refractivity contribution in [2.75, 3.05) is 24.7 Å². The normalized spacial score (nSPS) is 10.7. The Bertz CT molecular complexity index is 602. The summed E-state index contributed by atoms with van der Waals surface area (Å²) in [6.07, 6.45) is 5.89. The molecule has 0 heterocycles. The number of thioether (sulfide) groups is 1. The number of ether oxygens (including phenoxy) is 2. The molecule has 144 valence electrons. The second-order valence-electron chi connectivity index (χ2n) is 6.32. The number of rotatable bonds is 14. The Balaban J connectivity index is 1.39. The van der Waals surface area contributed by atoms with Gasteiger partial charge in [-0.05, 0) is 46.6 Å². The molecule has 0 aliphatic carbocycles. The van der Waals surface area contributed by atoms with Gasteiger partial charge in [-0.1, -0.05) is 73.8 Å². The molecule has 0 amide bonds. The minimum absolute atomic E-state index is 0.684. The molecule has 2 aromatic rings. The smallest absolute Gasteiger partial charge is 0.0716 e. The van der Waals surface area contributed by atoms with Crippen LogP contribution >= 0.6 is 11.8 Å². The SMILES string of the molecule is C=Cc1ccc(COCCCSCCCOCc2ccc(C=C)cc2)cc1. The van der Waals surface area contributed by atoms with Gasteiger partial charge in [-0.25, -0.2) is 0 Å². The van der Waals surface area contributed by atoms with Crippen molar-refractivity contribution >= 4 is 23.9 Å². The van der Waals surface area contributed by atoms with Crippen LogP contribution in [0, 0.1) is 0 Å². The largest absolute Gasteiger partial charge is 0.377 e. The summed E-state index contributed by atoms with van der Waals surface area (Å²) in [4.78, 5) is 0. The van der Waals surface area contributed by atoms with Crippen LogP contribution in [0.5, 0.6) is 0 Å². The first-order chi connectivity index (χ1) is 13.3. The van der Waals surface area contributed by atoms with Gasteiger partial charge in [0.25, 0.3) is 0 Å². The Morgan fingerprint density at radius 2 is 1.07 bits per heavy atom. The van der Waals surface area contributed by atoms with Crippen molar-refractivity contribution in [1.29, 1.82) is 0 Å². The van der Waals surface area contributed by atoms with E-state index in [0.29, 0.717) is 13.2 Å². The lowest BCUT2D eigenvalue weighted by Crippen LogP contribution is -1.99. The molecule has 27 heavy (non-hydrogen) atoms. The van der Waals surface area contributed by atoms with E-state index >= 15 is 0 Å². The van der Waals surface area contributed by atoms with Crippen LogP contribution in [0.2, 0.25) is 0 Å². The zero-order chi connectivity index (χ0) is 19.2. The van der Waals surface area contributed by atoms with E-state index in [1.165, 1.54) is 11.1 Å². The van der Waals surface area contributed by atoms with Crippen molar-refractivity contribution in [3.05, 3.63) is 83.9 Å². The van der Waals surface area contributed by atoms with E-state index < -0.39 is 0 Å². The molecular weight excluding hydrogens is 352 g/mol. The highest BCUT2D eigenvalue weighted by Crippen LogP contribution is 2.10. The van der Waals surface area contributed by atoms with Gasteiger partial charge in [0.1, 0.15) is 0 Å². The lowest BCUT2D eigenvalue weighted by Gasteiger charge is -2.06. The molecule has 0 radical (unpaired) electrons. The van der Waals surface area contributed by atoms with Gasteiger partial charge < -0.3 is 9.47 Å². The fourth-order valence-corrected chi connectivity index (χ4v) is 3.36. The summed E-state index contributed by atoms with van der Waals surface area (Å²) < 4.78 is 11.5. The topological polar surface area (TPSA) is 18.5 Å². The fraction of sp³-hybridized carbons (Fsp3) is 0.333. The van der Waals surface area contributed by atoms with Crippen LogP contribution in [-0.4, -0.2) is 24.7 Å². The highest BCUT2D eigenvalue weighted by atomic mass is 32.2. The zero-order valence-electron chi connectivity index (χ0n) is 16.1. The lowest BCUT2D eigenvalue weighted by molar-refractivity contribution is 0.121. The summed E-state index contributed by atoms with van der Waals surface area (Å²) >= 11 is 1.97. The predicted molar refractivity (Wildman–Crippen MR) is 119 cm³/mol.